The Morgan fingerprint density at radius 1 is 1.43 bits per heavy atom. The number of quaternary nitrogens is 1. The van der Waals surface area contributed by atoms with Crippen molar-refractivity contribution in [3.05, 3.63) is 12.2 Å². The monoisotopic (exact) mass is 200 g/mol. The lowest BCUT2D eigenvalue weighted by Gasteiger charge is -2.15. The summed E-state index contributed by atoms with van der Waals surface area (Å²) in [6.45, 7) is 4.61. The molecule has 76 valence electrons. The van der Waals surface area contributed by atoms with Gasteiger partial charge < -0.3 is 0 Å². The number of imide groups is 1. The zero-order valence-corrected chi connectivity index (χ0v) is 7.65. The summed E-state index contributed by atoms with van der Waals surface area (Å²) in [6.07, 6.45) is -0.252. The van der Waals surface area contributed by atoms with Gasteiger partial charge in [0.05, 0.1) is 12.8 Å². The highest BCUT2D eigenvalue weighted by Gasteiger charge is 2.55. The molecule has 6 nitrogen and oxygen atoms in total. The number of carbonyl (C=O) groups is 3. The maximum Gasteiger partial charge on any atom is 0.398 e. The smallest absolute Gasteiger partial charge is 0.240 e. The van der Waals surface area contributed by atoms with E-state index >= 15 is 0 Å². The van der Waals surface area contributed by atoms with E-state index in [2.05, 4.69) is 11.4 Å². The average molecular weight is 200 g/mol. The molecule has 0 spiro atoms. The molecule has 1 heterocycles. The molecule has 0 aromatic rings. The molecule has 0 aliphatic carbocycles. The van der Waals surface area contributed by atoms with Gasteiger partial charge in [0.2, 0.25) is 0 Å². The van der Waals surface area contributed by atoms with Crippen LogP contribution in [-0.2, 0) is 19.2 Å². The van der Waals surface area contributed by atoms with Crippen LogP contribution in [0.1, 0.15) is 19.8 Å². The molecule has 0 radical (unpaired) electrons. The second-order valence-electron chi connectivity index (χ2n) is 3.02. The molecular weight excluding hydrogens is 190 g/mol. The fourth-order valence-corrected chi connectivity index (χ4v) is 0.956. The van der Waals surface area contributed by atoms with Gasteiger partial charge >= 0.3 is 17.8 Å². The highest BCUT2D eigenvalue weighted by Crippen LogP contribution is 2.21. The van der Waals surface area contributed by atoms with Gasteiger partial charge in [-0.25, -0.2) is 19.2 Å². The van der Waals surface area contributed by atoms with Gasteiger partial charge in [0.1, 0.15) is 4.81 Å². The molecule has 0 bridgehead atoms. The summed E-state index contributed by atoms with van der Waals surface area (Å²) in [4.78, 5) is 35.6. The third-order valence-corrected chi connectivity index (χ3v) is 1.79. The average Bonchev–Trinajstić information content (AvgIpc) is 2.33. The number of nitrogens with zero attached hydrogens (tertiary/aromatic N) is 1. The minimum Gasteiger partial charge on any atom is -0.240 e. The van der Waals surface area contributed by atoms with Crippen molar-refractivity contribution < 1.29 is 29.2 Å². The second kappa shape index (κ2) is 3.32. The zero-order valence-electron chi connectivity index (χ0n) is 7.65. The molecule has 0 aromatic carbocycles. The van der Waals surface area contributed by atoms with Gasteiger partial charge in [0.25, 0.3) is 0 Å². The summed E-state index contributed by atoms with van der Waals surface area (Å²) in [5.74, 6) is -2.66. The van der Waals surface area contributed by atoms with Gasteiger partial charge in [-0.05, 0) is 6.92 Å². The Morgan fingerprint density at radius 2 is 1.86 bits per heavy atom. The van der Waals surface area contributed by atoms with Crippen LogP contribution in [-0.4, -0.2) is 27.8 Å². The van der Waals surface area contributed by atoms with E-state index in [0.29, 0.717) is 0 Å². The van der Waals surface area contributed by atoms with Crippen molar-refractivity contribution in [2.45, 2.75) is 19.8 Å². The number of amides is 2. The van der Waals surface area contributed by atoms with E-state index in [4.69, 9.17) is 0 Å². The SMILES string of the molecule is C=C(C)C(=O)O[N+]1(O)C(=O)CCC1=O. The Kier molecular flexibility index (Phi) is 2.50. The van der Waals surface area contributed by atoms with Crippen LogP contribution >= 0.6 is 0 Å². The molecule has 1 rings (SSSR count). The molecule has 1 N–H and O–H groups in total. The van der Waals surface area contributed by atoms with E-state index in [1.54, 1.807) is 0 Å². The minimum atomic E-state index is -1.88. The Balaban J connectivity index is 2.85. The highest BCUT2D eigenvalue weighted by atomic mass is 17.0. The number of hydroxylamine groups is 4. The van der Waals surface area contributed by atoms with Crippen molar-refractivity contribution in [1.29, 1.82) is 0 Å². The molecule has 0 atom stereocenters. The molecule has 2 amide bonds. The highest BCUT2D eigenvalue weighted by molar-refractivity contribution is 5.93. The second-order valence-corrected chi connectivity index (χ2v) is 3.02. The van der Waals surface area contributed by atoms with Gasteiger partial charge in [-0.3, -0.25) is 0 Å². The molecule has 1 saturated heterocycles. The molecule has 0 unspecified atom stereocenters. The van der Waals surface area contributed by atoms with Crippen LogP contribution in [0.2, 0.25) is 0 Å². The van der Waals surface area contributed by atoms with Gasteiger partial charge in [0.15, 0.2) is 0 Å². The first-order valence-electron chi connectivity index (χ1n) is 3.96. The summed E-state index contributed by atoms with van der Waals surface area (Å²) >= 11 is 0. The van der Waals surface area contributed by atoms with Crippen LogP contribution in [0, 0.1) is 0 Å². The summed E-state index contributed by atoms with van der Waals surface area (Å²) < 4.78 is 0. The van der Waals surface area contributed by atoms with Crippen molar-refractivity contribution in [2.24, 2.45) is 0 Å². The maximum atomic E-state index is 11.1. The van der Waals surface area contributed by atoms with Crippen LogP contribution in [0.25, 0.3) is 0 Å². The molecule has 0 aromatic heterocycles. The summed E-state index contributed by atoms with van der Waals surface area (Å²) in [5.41, 5.74) is 0.00375. The number of rotatable bonds is 2. The van der Waals surface area contributed by atoms with Crippen LogP contribution in [0.3, 0.4) is 0 Å². The van der Waals surface area contributed by atoms with Crippen LogP contribution in [0.4, 0.5) is 0 Å². The van der Waals surface area contributed by atoms with Crippen molar-refractivity contribution in [1.82, 2.24) is 0 Å². The lowest BCUT2D eigenvalue weighted by Crippen LogP contribution is -2.50. The number of hydrogen-bond donors (Lipinski definition) is 1. The Morgan fingerprint density at radius 3 is 2.21 bits per heavy atom. The van der Waals surface area contributed by atoms with Crippen molar-refractivity contribution in [3.8, 4) is 0 Å². The Hall–Kier alpha value is -1.53. The Bertz CT molecular complexity index is 317. The van der Waals surface area contributed by atoms with Crippen molar-refractivity contribution in [3.63, 3.8) is 0 Å². The summed E-state index contributed by atoms with van der Waals surface area (Å²) in [7, 11) is 0. The first-order chi connectivity index (χ1) is 6.38. The van der Waals surface area contributed by atoms with Crippen molar-refractivity contribution in [2.75, 3.05) is 0 Å². The Labute approximate surface area is 79.9 Å². The normalized spacial score (nSPS) is 19.6. The zero-order chi connectivity index (χ0) is 10.9. The van der Waals surface area contributed by atoms with Crippen LogP contribution < -0.4 is 0 Å². The van der Waals surface area contributed by atoms with E-state index in [0.717, 1.165) is 0 Å². The topological polar surface area (TPSA) is 80.7 Å². The van der Waals surface area contributed by atoms with E-state index in [9.17, 15) is 19.6 Å². The van der Waals surface area contributed by atoms with E-state index < -0.39 is 22.6 Å². The van der Waals surface area contributed by atoms with Crippen molar-refractivity contribution >= 4 is 17.8 Å². The summed E-state index contributed by atoms with van der Waals surface area (Å²) in [6, 6.07) is 0. The van der Waals surface area contributed by atoms with E-state index in [1.165, 1.54) is 6.92 Å². The largest absolute Gasteiger partial charge is 0.398 e. The fourth-order valence-electron chi connectivity index (χ4n) is 0.956. The predicted octanol–water partition coefficient (Wildman–Crippen LogP) is 0.0737. The van der Waals surface area contributed by atoms with Crippen LogP contribution in [0.15, 0.2) is 12.2 Å². The quantitative estimate of drug-likeness (QED) is 0.295. The summed E-state index contributed by atoms with van der Waals surface area (Å²) in [5, 5.41) is 9.40. The third kappa shape index (κ3) is 1.57. The van der Waals surface area contributed by atoms with Gasteiger partial charge in [0, 0.05) is 5.57 Å². The molecular formula is C8H10NO5+. The van der Waals surface area contributed by atoms with E-state index in [1.807, 2.05) is 0 Å². The predicted molar refractivity (Wildman–Crippen MR) is 42.2 cm³/mol. The molecule has 1 aliphatic heterocycles. The first kappa shape index (κ1) is 10.6. The standard InChI is InChI=1S/C8H10NO5/c1-5(2)8(12)14-9(13)6(10)3-4-7(9)11/h13H,1,3-4H2,2H3/q+1. The lowest BCUT2D eigenvalue weighted by atomic mass is 10.4. The van der Waals surface area contributed by atoms with Gasteiger partial charge in [-0.15, -0.1) is 0 Å². The molecule has 6 heteroatoms. The maximum absolute atomic E-state index is 11.1. The lowest BCUT2D eigenvalue weighted by molar-refractivity contribution is -1.12. The third-order valence-electron chi connectivity index (χ3n) is 1.79. The van der Waals surface area contributed by atoms with Gasteiger partial charge in [-0.1, -0.05) is 6.58 Å². The molecule has 14 heavy (non-hydrogen) atoms. The number of hydrogen-bond acceptors (Lipinski definition) is 5. The number of carbonyl (C=O) groups excluding carboxylic acids is 3. The van der Waals surface area contributed by atoms with Gasteiger partial charge in [-0.2, -0.15) is 5.21 Å². The fraction of sp³-hybridized carbons (Fsp3) is 0.375. The molecule has 1 aliphatic rings. The minimum absolute atomic E-state index is 0.00375. The first-order valence-corrected chi connectivity index (χ1v) is 3.96. The van der Waals surface area contributed by atoms with Crippen LogP contribution in [0.5, 0.6) is 0 Å². The molecule has 1 fully saturated rings. The molecule has 0 saturated carbocycles. The van der Waals surface area contributed by atoms with E-state index in [-0.39, 0.29) is 18.4 Å².